The van der Waals surface area contributed by atoms with Crippen LogP contribution in [0.15, 0.2) is 30.3 Å². The van der Waals surface area contributed by atoms with Crippen molar-refractivity contribution in [3.63, 3.8) is 0 Å². The number of benzene rings is 1. The number of hydrogen-bond donors (Lipinski definition) is 1. The third-order valence-corrected chi connectivity index (χ3v) is 2.54. The van der Waals surface area contributed by atoms with Crippen LogP contribution >= 0.6 is 0 Å². The molecular formula is C12H17NO. The molecule has 1 aromatic rings. The molecule has 2 nitrogen and oxygen atoms in total. The van der Waals surface area contributed by atoms with E-state index in [1.54, 1.807) is 0 Å². The predicted octanol–water partition coefficient (Wildman–Crippen LogP) is 1.61. The van der Waals surface area contributed by atoms with E-state index in [0.29, 0.717) is 12.1 Å². The zero-order valence-electron chi connectivity index (χ0n) is 8.57. The standard InChI is InChI=1S/C12H17NO/c1-10(13-12-8-14-9-12)7-11-5-3-2-4-6-11/h2-6,10,12-13H,7-9H2,1H3. The Hall–Kier alpha value is -0.860. The summed E-state index contributed by atoms with van der Waals surface area (Å²) in [4.78, 5) is 0. The molecule has 1 aliphatic rings. The second-order valence-corrected chi connectivity index (χ2v) is 3.99. The molecule has 0 spiro atoms. The maximum atomic E-state index is 5.12. The molecule has 0 radical (unpaired) electrons. The van der Waals surface area contributed by atoms with Crippen molar-refractivity contribution in [1.82, 2.24) is 5.32 Å². The van der Waals surface area contributed by atoms with E-state index in [9.17, 15) is 0 Å². The van der Waals surface area contributed by atoms with E-state index in [1.165, 1.54) is 5.56 Å². The van der Waals surface area contributed by atoms with Gasteiger partial charge in [-0.25, -0.2) is 0 Å². The Kier molecular flexibility index (Phi) is 3.17. The number of rotatable bonds is 4. The van der Waals surface area contributed by atoms with E-state index in [4.69, 9.17) is 4.74 Å². The Morgan fingerprint density at radius 2 is 2.07 bits per heavy atom. The predicted molar refractivity (Wildman–Crippen MR) is 57.4 cm³/mol. The van der Waals surface area contributed by atoms with Gasteiger partial charge in [0.25, 0.3) is 0 Å². The first kappa shape index (κ1) is 9.69. The van der Waals surface area contributed by atoms with Crippen LogP contribution in [0, 0.1) is 0 Å². The molecule has 2 rings (SSSR count). The summed E-state index contributed by atoms with van der Waals surface area (Å²) < 4.78 is 5.12. The fourth-order valence-corrected chi connectivity index (χ4v) is 1.76. The molecule has 0 bridgehead atoms. The second kappa shape index (κ2) is 4.58. The summed E-state index contributed by atoms with van der Waals surface area (Å²) in [5.41, 5.74) is 1.40. The fourth-order valence-electron chi connectivity index (χ4n) is 1.76. The van der Waals surface area contributed by atoms with Crippen LogP contribution in [0.3, 0.4) is 0 Å². The van der Waals surface area contributed by atoms with Gasteiger partial charge in [-0.2, -0.15) is 0 Å². The molecule has 0 aromatic heterocycles. The molecule has 1 saturated heterocycles. The van der Waals surface area contributed by atoms with Crippen molar-refractivity contribution in [1.29, 1.82) is 0 Å². The van der Waals surface area contributed by atoms with E-state index in [0.717, 1.165) is 19.6 Å². The third-order valence-electron chi connectivity index (χ3n) is 2.54. The summed E-state index contributed by atoms with van der Waals surface area (Å²) in [6.45, 7) is 3.98. The van der Waals surface area contributed by atoms with Gasteiger partial charge in [-0.15, -0.1) is 0 Å². The number of hydrogen-bond acceptors (Lipinski definition) is 2. The second-order valence-electron chi connectivity index (χ2n) is 3.99. The van der Waals surface area contributed by atoms with Crippen molar-refractivity contribution in [2.75, 3.05) is 13.2 Å². The summed E-state index contributed by atoms with van der Waals surface area (Å²) in [5, 5.41) is 3.54. The molecule has 76 valence electrons. The molecule has 1 unspecified atom stereocenters. The first-order valence-electron chi connectivity index (χ1n) is 5.22. The molecule has 0 amide bonds. The van der Waals surface area contributed by atoms with E-state index >= 15 is 0 Å². The van der Waals surface area contributed by atoms with Crippen molar-refractivity contribution in [2.24, 2.45) is 0 Å². The third kappa shape index (κ3) is 2.56. The van der Waals surface area contributed by atoms with Crippen LogP contribution in [-0.4, -0.2) is 25.3 Å². The van der Waals surface area contributed by atoms with Crippen molar-refractivity contribution < 1.29 is 4.74 Å². The highest BCUT2D eigenvalue weighted by Gasteiger charge is 2.19. The minimum absolute atomic E-state index is 0.534. The zero-order valence-corrected chi connectivity index (χ0v) is 8.57. The maximum Gasteiger partial charge on any atom is 0.0643 e. The average molecular weight is 191 g/mol. The minimum Gasteiger partial charge on any atom is -0.378 e. The van der Waals surface area contributed by atoms with Crippen LogP contribution in [0.4, 0.5) is 0 Å². The van der Waals surface area contributed by atoms with Gasteiger partial charge in [0.2, 0.25) is 0 Å². The summed E-state index contributed by atoms with van der Waals surface area (Å²) in [6, 6.07) is 11.7. The molecule has 1 fully saturated rings. The molecule has 1 aromatic carbocycles. The van der Waals surface area contributed by atoms with Crippen molar-refractivity contribution >= 4 is 0 Å². The maximum absolute atomic E-state index is 5.12. The Bertz CT molecular complexity index is 269. The van der Waals surface area contributed by atoms with Crippen molar-refractivity contribution in [2.45, 2.75) is 25.4 Å². The Balaban J connectivity index is 1.79. The van der Waals surface area contributed by atoms with Gasteiger partial charge >= 0.3 is 0 Å². The molecule has 1 atom stereocenters. The molecule has 1 aliphatic heterocycles. The smallest absolute Gasteiger partial charge is 0.0643 e. The molecule has 1 heterocycles. The Morgan fingerprint density at radius 3 is 2.64 bits per heavy atom. The summed E-state index contributed by atoms with van der Waals surface area (Å²) >= 11 is 0. The van der Waals surface area contributed by atoms with Crippen molar-refractivity contribution in [3.8, 4) is 0 Å². The van der Waals surface area contributed by atoms with Crippen LogP contribution in [0.5, 0.6) is 0 Å². The van der Waals surface area contributed by atoms with Crippen LogP contribution in [0.25, 0.3) is 0 Å². The van der Waals surface area contributed by atoms with Gasteiger partial charge in [0.15, 0.2) is 0 Å². The van der Waals surface area contributed by atoms with Crippen LogP contribution in [0.2, 0.25) is 0 Å². The average Bonchev–Trinajstić information content (AvgIpc) is 2.13. The molecule has 0 saturated carbocycles. The van der Waals surface area contributed by atoms with Crippen LogP contribution < -0.4 is 5.32 Å². The van der Waals surface area contributed by atoms with Gasteiger partial charge in [-0.3, -0.25) is 0 Å². The number of ether oxygens (including phenoxy) is 1. The fraction of sp³-hybridized carbons (Fsp3) is 0.500. The van der Waals surface area contributed by atoms with Gasteiger partial charge in [0, 0.05) is 6.04 Å². The van der Waals surface area contributed by atoms with E-state index in [2.05, 4.69) is 42.6 Å². The minimum atomic E-state index is 0.534. The van der Waals surface area contributed by atoms with E-state index in [-0.39, 0.29) is 0 Å². The highest BCUT2D eigenvalue weighted by Crippen LogP contribution is 2.06. The Morgan fingerprint density at radius 1 is 1.36 bits per heavy atom. The van der Waals surface area contributed by atoms with E-state index < -0.39 is 0 Å². The molecule has 14 heavy (non-hydrogen) atoms. The van der Waals surface area contributed by atoms with Gasteiger partial charge in [0.1, 0.15) is 0 Å². The number of nitrogens with one attached hydrogen (secondary N) is 1. The lowest BCUT2D eigenvalue weighted by Crippen LogP contribution is -2.50. The zero-order chi connectivity index (χ0) is 9.80. The lowest BCUT2D eigenvalue weighted by Gasteiger charge is -2.30. The van der Waals surface area contributed by atoms with Gasteiger partial charge < -0.3 is 10.1 Å². The molecule has 0 aliphatic carbocycles. The highest BCUT2D eigenvalue weighted by atomic mass is 16.5. The summed E-state index contributed by atoms with van der Waals surface area (Å²) in [6.07, 6.45) is 1.09. The SMILES string of the molecule is CC(Cc1ccccc1)NC1COC1. The highest BCUT2D eigenvalue weighted by molar-refractivity contribution is 5.15. The lowest BCUT2D eigenvalue weighted by atomic mass is 10.1. The summed E-state index contributed by atoms with van der Waals surface area (Å²) in [5.74, 6) is 0. The molecule has 1 N–H and O–H groups in total. The van der Waals surface area contributed by atoms with Crippen LogP contribution in [-0.2, 0) is 11.2 Å². The quantitative estimate of drug-likeness (QED) is 0.780. The molecule has 2 heteroatoms. The van der Waals surface area contributed by atoms with Gasteiger partial charge in [0.05, 0.1) is 19.3 Å². The van der Waals surface area contributed by atoms with Gasteiger partial charge in [-0.05, 0) is 18.9 Å². The first-order valence-corrected chi connectivity index (χ1v) is 5.22. The van der Waals surface area contributed by atoms with Crippen molar-refractivity contribution in [3.05, 3.63) is 35.9 Å². The first-order chi connectivity index (χ1) is 6.84. The molecular weight excluding hydrogens is 174 g/mol. The normalized spacial score (nSPS) is 18.9. The van der Waals surface area contributed by atoms with Gasteiger partial charge in [-0.1, -0.05) is 30.3 Å². The summed E-state index contributed by atoms with van der Waals surface area (Å²) in [7, 11) is 0. The van der Waals surface area contributed by atoms with E-state index in [1.807, 2.05) is 0 Å². The topological polar surface area (TPSA) is 21.3 Å². The lowest BCUT2D eigenvalue weighted by molar-refractivity contribution is -0.00908. The monoisotopic (exact) mass is 191 g/mol. The largest absolute Gasteiger partial charge is 0.378 e. The Labute approximate surface area is 85.3 Å². The van der Waals surface area contributed by atoms with Crippen LogP contribution in [0.1, 0.15) is 12.5 Å².